The van der Waals surface area contributed by atoms with Crippen LogP contribution in [0.5, 0.6) is 5.75 Å². The Balaban J connectivity index is 1.39. The van der Waals surface area contributed by atoms with Crippen molar-refractivity contribution >= 4 is 11.6 Å². The Bertz CT molecular complexity index is 746. The highest BCUT2D eigenvalue weighted by Gasteiger charge is 2.22. The Morgan fingerprint density at radius 3 is 2.50 bits per heavy atom. The first-order chi connectivity index (χ1) is 12.6. The molecule has 0 atom stereocenters. The third-order valence-electron chi connectivity index (χ3n) is 4.43. The van der Waals surface area contributed by atoms with Crippen LogP contribution in [-0.2, 0) is 4.79 Å². The fourth-order valence-electron chi connectivity index (χ4n) is 3.03. The van der Waals surface area contributed by atoms with Crippen LogP contribution >= 0.6 is 0 Å². The first kappa shape index (κ1) is 18.2. The molecule has 0 spiro atoms. The first-order valence-corrected chi connectivity index (χ1v) is 8.79. The van der Waals surface area contributed by atoms with Gasteiger partial charge in [-0.3, -0.25) is 4.79 Å². The number of rotatable bonds is 6. The van der Waals surface area contributed by atoms with Gasteiger partial charge in [0.15, 0.2) is 0 Å². The van der Waals surface area contributed by atoms with E-state index in [-0.39, 0.29) is 17.5 Å². The largest absolute Gasteiger partial charge is 0.493 e. The van der Waals surface area contributed by atoms with Gasteiger partial charge in [0.25, 0.3) is 0 Å². The summed E-state index contributed by atoms with van der Waals surface area (Å²) >= 11 is 0. The number of amides is 1. The molecule has 1 fully saturated rings. The van der Waals surface area contributed by atoms with E-state index in [0.717, 1.165) is 0 Å². The highest BCUT2D eigenvalue weighted by Crippen LogP contribution is 2.20. The van der Waals surface area contributed by atoms with E-state index in [1.54, 1.807) is 29.2 Å². The van der Waals surface area contributed by atoms with Crippen LogP contribution in [0, 0.1) is 11.6 Å². The lowest BCUT2D eigenvalue weighted by molar-refractivity contribution is -0.131. The summed E-state index contributed by atoms with van der Waals surface area (Å²) in [5, 5.41) is 0. The molecule has 0 N–H and O–H groups in total. The van der Waals surface area contributed by atoms with Gasteiger partial charge >= 0.3 is 0 Å². The molecule has 1 amide bonds. The van der Waals surface area contributed by atoms with Crippen molar-refractivity contribution in [3.05, 3.63) is 60.2 Å². The SMILES string of the molecule is O=C(CCCOc1cccc(F)c1)N1CCN(c2ccccc2F)CC1. The van der Waals surface area contributed by atoms with Crippen molar-refractivity contribution in [1.29, 1.82) is 0 Å². The number of carbonyl (C=O) groups is 1. The molecule has 138 valence electrons. The van der Waals surface area contributed by atoms with Crippen molar-refractivity contribution in [3.8, 4) is 5.75 Å². The second-order valence-electron chi connectivity index (χ2n) is 6.23. The summed E-state index contributed by atoms with van der Waals surface area (Å²) in [5.74, 6) is -0.0370. The summed E-state index contributed by atoms with van der Waals surface area (Å²) in [7, 11) is 0. The molecule has 1 aliphatic rings. The fourth-order valence-corrected chi connectivity index (χ4v) is 3.03. The first-order valence-electron chi connectivity index (χ1n) is 8.79. The van der Waals surface area contributed by atoms with Crippen molar-refractivity contribution in [3.63, 3.8) is 0 Å². The molecule has 0 aliphatic carbocycles. The highest BCUT2D eigenvalue weighted by molar-refractivity contribution is 5.76. The summed E-state index contributed by atoms with van der Waals surface area (Å²) < 4.78 is 32.4. The maximum Gasteiger partial charge on any atom is 0.222 e. The number of nitrogens with zero attached hydrogens (tertiary/aromatic N) is 2. The molecule has 6 heteroatoms. The van der Waals surface area contributed by atoms with Gasteiger partial charge in [-0.25, -0.2) is 8.78 Å². The molecular formula is C20H22F2N2O2. The minimum absolute atomic E-state index is 0.0704. The van der Waals surface area contributed by atoms with E-state index in [9.17, 15) is 13.6 Å². The third kappa shape index (κ3) is 4.71. The number of piperazine rings is 1. The average molecular weight is 360 g/mol. The van der Waals surface area contributed by atoms with E-state index in [2.05, 4.69) is 0 Å². The lowest BCUT2D eigenvalue weighted by Crippen LogP contribution is -2.49. The summed E-state index contributed by atoms with van der Waals surface area (Å²) in [4.78, 5) is 16.1. The van der Waals surface area contributed by atoms with Crippen molar-refractivity contribution in [2.24, 2.45) is 0 Å². The molecule has 4 nitrogen and oxygen atoms in total. The number of benzene rings is 2. The topological polar surface area (TPSA) is 32.8 Å². The second-order valence-corrected chi connectivity index (χ2v) is 6.23. The normalized spacial score (nSPS) is 14.4. The molecule has 1 aliphatic heterocycles. The molecule has 2 aromatic carbocycles. The number of ether oxygens (including phenoxy) is 1. The number of halogens is 2. The molecular weight excluding hydrogens is 338 g/mol. The van der Waals surface area contributed by atoms with Gasteiger partial charge in [-0.1, -0.05) is 18.2 Å². The molecule has 0 bridgehead atoms. The van der Waals surface area contributed by atoms with Crippen molar-refractivity contribution < 1.29 is 18.3 Å². The van der Waals surface area contributed by atoms with E-state index in [1.807, 2.05) is 11.0 Å². The number of para-hydroxylation sites is 1. The average Bonchev–Trinajstić information content (AvgIpc) is 2.66. The quantitative estimate of drug-likeness (QED) is 0.740. The molecule has 0 radical (unpaired) electrons. The third-order valence-corrected chi connectivity index (χ3v) is 4.43. The van der Waals surface area contributed by atoms with Gasteiger partial charge in [-0.2, -0.15) is 0 Å². The van der Waals surface area contributed by atoms with E-state index in [4.69, 9.17) is 4.74 Å². The van der Waals surface area contributed by atoms with Crippen LogP contribution in [0.4, 0.5) is 14.5 Å². The maximum absolute atomic E-state index is 13.8. The van der Waals surface area contributed by atoms with Crippen molar-refractivity contribution in [2.45, 2.75) is 12.8 Å². The zero-order valence-corrected chi connectivity index (χ0v) is 14.5. The van der Waals surface area contributed by atoms with Crippen LogP contribution < -0.4 is 9.64 Å². The Morgan fingerprint density at radius 2 is 1.77 bits per heavy atom. The van der Waals surface area contributed by atoms with Gasteiger partial charge in [-0.05, 0) is 30.7 Å². The predicted molar refractivity (Wildman–Crippen MR) is 96.3 cm³/mol. The number of hydrogen-bond donors (Lipinski definition) is 0. The zero-order valence-electron chi connectivity index (χ0n) is 14.5. The predicted octanol–water partition coefficient (Wildman–Crippen LogP) is 3.47. The molecule has 0 aromatic heterocycles. The summed E-state index contributed by atoms with van der Waals surface area (Å²) in [5.41, 5.74) is 0.586. The van der Waals surface area contributed by atoms with E-state index in [0.29, 0.717) is 57.1 Å². The van der Waals surface area contributed by atoms with Crippen LogP contribution in [0.3, 0.4) is 0 Å². The Morgan fingerprint density at radius 1 is 1.00 bits per heavy atom. The summed E-state index contributed by atoms with van der Waals surface area (Å²) in [6.45, 7) is 2.76. The van der Waals surface area contributed by atoms with Crippen LogP contribution in [0.1, 0.15) is 12.8 Å². The minimum Gasteiger partial charge on any atom is -0.493 e. The number of carbonyl (C=O) groups excluding carboxylic acids is 1. The van der Waals surface area contributed by atoms with Crippen LogP contribution in [-0.4, -0.2) is 43.6 Å². The van der Waals surface area contributed by atoms with E-state index >= 15 is 0 Å². The summed E-state index contributed by atoms with van der Waals surface area (Å²) in [6, 6.07) is 12.7. The fraction of sp³-hybridized carbons (Fsp3) is 0.350. The molecule has 1 saturated heterocycles. The van der Waals surface area contributed by atoms with Crippen LogP contribution in [0.2, 0.25) is 0 Å². The van der Waals surface area contributed by atoms with Gasteiger partial charge in [-0.15, -0.1) is 0 Å². The maximum atomic E-state index is 13.8. The van der Waals surface area contributed by atoms with Crippen LogP contribution in [0.15, 0.2) is 48.5 Å². The summed E-state index contributed by atoms with van der Waals surface area (Å²) in [6.07, 6.45) is 0.956. The number of anilines is 1. The van der Waals surface area contributed by atoms with Gasteiger partial charge in [0.2, 0.25) is 5.91 Å². The lowest BCUT2D eigenvalue weighted by Gasteiger charge is -2.36. The molecule has 2 aromatic rings. The second kappa shape index (κ2) is 8.65. The minimum atomic E-state index is -0.341. The Kier molecular flexibility index (Phi) is 6.04. The van der Waals surface area contributed by atoms with Crippen LogP contribution in [0.25, 0.3) is 0 Å². The number of hydrogen-bond acceptors (Lipinski definition) is 3. The highest BCUT2D eigenvalue weighted by atomic mass is 19.1. The van der Waals surface area contributed by atoms with E-state index in [1.165, 1.54) is 18.2 Å². The Hall–Kier alpha value is -2.63. The standard InChI is InChI=1S/C20H22F2N2O2/c21-16-5-3-6-17(15-16)26-14-4-9-20(25)24-12-10-23(11-13-24)19-8-2-1-7-18(19)22/h1-3,5-8,15H,4,9-14H2. The monoisotopic (exact) mass is 360 g/mol. The zero-order chi connectivity index (χ0) is 18.4. The van der Waals surface area contributed by atoms with Gasteiger partial charge in [0.05, 0.1) is 12.3 Å². The van der Waals surface area contributed by atoms with Gasteiger partial charge in [0, 0.05) is 38.7 Å². The van der Waals surface area contributed by atoms with E-state index < -0.39 is 0 Å². The molecule has 26 heavy (non-hydrogen) atoms. The molecule has 0 unspecified atom stereocenters. The molecule has 1 heterocycles. The molecule has 3 rings (SSSR count). The van der Waals surface area contributed by atoms with Crippen molar-refractivity contribution in [1.82, 2.24) is 4.90 Å². The van der Waals surface area contributed by atoms with Gasteiger partial charge < -0.3 is 14.5 Å². The Labute approximate surface area is 152 Å². The molecule has 0 saturated carbocycles. The van der Waals surface area contributed by atoms with Crippen molar-refractivity contribution in [2.75, 3.05) is 37.7 Å². The lowest BCUT2D eigenvalue weighted by atomic mass is 10.2. The van der Waals surface area contributed by atoms with Gasteiger partial charge in [0.1, 0.15) is 17.4 Å². The smallest absolute Gasteiger partial charge is 0.222 e.